The maximum absolute atomic E-state index is 6.55. The Morgan fingerprint density at radius 1 is 1.25 bits per heavy atom. The average molecular weight is 274 g/mol. The van der Waals surface area contributed by atoms with E-state index in [-0.39, 0.29) is 6.04 Å². The van der Waals surface area contributed by atoms with Gasteiger partial charge in [0.15, 0.2) is 0 Å². The first kappa shape index (κ1) is 15.5. The number of nitrogens with zero attached hydrogens (tertiary/aromatic N) is 1. The minimum absolute atomic E-state index is 0.114. The molecule has 0 amide bonds. The third-order valence-electron chi connectivity index (χ3n) is 5.03. The summed E-state index contributed by atoms with van der Waals surface area (Å²) in [6.07, 6.45) is 6.53. The van der Waals surface area contributed by atoms with Crippen LogP contribution in [0.15, 0.2) is 30.3 Å². The lowest BCUT2D eigenvalue weighted by atomic mass is 9.84. The van der Waals surface area contributed by atoms with E-state index in [0.717, 1.165) is 12.3 Å². The predicted molar refractivity (Wildman–Crippen MR) is 86.6 cm³/mol. The molecule has 4 unspecified atom stereocenters. The topological polar surface area (TPSA) is 29.3 Å². The van der Waals surface area contributed by atoms with Crippen LogP contribution >= 0.6 is 0 Å². The van der Waals surface area contributed by atoms with Gasteiger partial charge in [-0.1, -0.05) is 57.0 Å². The van der Waals surface area contributed by atoms with Gasteiger partial charge >= 0.3 is 0 Å². The summed E-state index contributed by atoms with van der Waals surface area (Å²) in [7, 11) is 2.28. The molecule has 1 aliphatic rings. The highest BCUT2D eigenvalue weighted by Crippen LogP contribution is 2.30. The van der Waals surface area contributed by atoms with E-state index in [1.54, 1.807) is 0 Å². The summed E-state index contributed by atoms with van der Waals surface area (Å²) >= 11 is 0. The Hall–Kier alpha value is -0.860. The summed E-state index contributed by atoms with van der Waals surface area (Å²) in [4.78, 5) is 2.56. The van der Waals surface area contributed by atoms with E-state index in [1.807, 2.05) is 0 Å². The standard InChI is InChI=1S/C18H30N2/c1-4-17(18(19)15-10-6-5-7-11-15)20(3)16-12-8-9-14(2)13-16/h5-7,10-11,14,16-18H,4,8-9,12-13,19H2,1-3H3. The molecule has 1 aromatic rings. The molecule has 1 saturated carbocycles. The summed E-state index contributed by atoms with van der Waals surface area (Å²) in [6, 6.07) is 11.8. The van der Waals surface area contributed by atoms with Crippen LogP contribution in [0.1, 0.15) is 57.6 Å². The fourth-order valence-corrected chi connectivity index (χ4v) is 3.74. The number of rotatable bonds is 5. The third kappa shape index (κ3) is 3.62. The van der Waals surface area contributed by atoms with Gasteiger partial charge in [0.25, 0.3) is 0 Å². The Kier molecular flexibility index (Phi) is 5.62. The molecule has 0 radical (unpaired) electrons. The minimum atomic E-state index is 0.114. The first-order chi connectivity index (χ1) is 9.63. The van der Waals surface area contributed by atoms with Crippen LogP contribution in [0.2, 0.25) is 0 Å². The van der Waals surface area contributed by atoms with Crippen molar-refractivity contribution in [3.05, 3.63) is 35.9 Å². The van der Waals surface area contributed by atoms with E-state index in [2.05, 4.69) is 56.1 Å². The van der Waals surface area contributed by atoms with Gasteiger partial charge in [-0.15, -0.1) is 0 Å². The quantitative estimate of drug-likeness (QED) is 0.880. The van der Waals surface area contributed by atoms with Gasteiger partial charge in [0.2, 0.25) is 0 Å². The van der Waals surface area contributed by atoms with Crippen molar-refractivity contribution in [2.45, 2.75) is 64.1 Å². The van der Waals surface area contributed by atoms with Crippen LogP contribution < -0.4 is 5.73 Å². The Bertz CT molecular complexity index is 390. The molecule has 0 heterocycles. The molecule has 0 aromatic heterocycles. The van der Waals surface area contributed by atoms with Crippen LogP contribution in [0.3, 0.4) is 0 Å². The van der Waals surface area contributed by atoms with Crippen molar-refractivity contribution in [3.8, 4) is 0 Å². The van der Waals surface area contributed by atoms with E-state index >= 15 is 0 Å². The normalized spacial score (nSPS) is 26.4. The Balaban J connectivity index is 2.06. The van der Waals surface area contributed by atoms with Crippen LogP contribution in [0.5, 0.6) is 0 Å². The molecule has 0 spiro atoms. The van der Waals surface area contributed by atoms with Gasteiger partial charge in [-0.3, -0.25) is 4.90 Å². The molecule has 0 aliphatic heterocycles. The molecule has 0 bridgehead atoms. The van der Waals surface area contributed by atoms with E-state index in [9.17, 15) is 0 Å². The van der Waals surface area contributed by atoms with E-state index in [1.165, 1.54) is 31.2 Å². The van der Waals surface area contributed by atoms with Crippen molar-refractivity contribution >= 4 is 0 Å². The van der Waals surface area contributed by atoms with Crippen molar-refractivity contribution in [3.63, 3.8) is 0 Å². The van der Waals surface area contributed by atoms with Gasteiger partial charge < -0.3 is 5.73 Å². The molecule has 112 valence electrons. The highest BCUT2D eigenvalue weighted by atomic mass is 15.2. The second-order valence-corrected chi connectivity index (χ2v) is 6.50. The largest absolute Gasteiger partial charge is 0.323 e. The molecule has 2 nitrogen and oxygen atoms in total. The number of nitrogens with two attached hydrogens (primary N) is 1. The number of likely N-dealkylation sites (N-methyl/N-ethyl adjacent to an activating group) is 1. The van der Waals surface area contributed by atoms with Gasteiger partial charge in [-0.05, 0) is 37.8 Å². The van der Waals surface area contributed by atoms with Crippen LogP contribution in [0, 0.1) is 5.92 Å². The number of benzene rings is 1. The van der Waals surface area contributed by atoms with Gasteiger partial charge in [0, 0.05) is 18.1 Å². The molecular weight excluding hydrogens is 244 g/mol. The molecule has 20 heavy (non-hydrogen) atoms. The molecule has 4 atom stereocenters. The first-order valence-corrected chi connectivity index (χ1v) is 8.16. The van der Waals surface area contributed by atoms with E-state index < -0.39 is 0 Å². The lowest BCUT2D eigenvalue weighted by Crippen LogP contribution is -2.47. The zero-order chi connectivity index (χ0) is 14.5. The fraction of sp³-hybridized carbons (Fsp3) is 0.667. The van der Waals surface area contributed by atoms with Crippen LogP contribution in [0.4, 0.5) is 0 Å². The molecule has 1 aromatic carbocycles. The van der Waals surface area contributed by atoms with Crippen LogP contribution in [-0.2, 0) is 0 Å². The summed E-state index contributed by atoms with van der Waals surface area (Å²) < 4.78 is 0. The van der Waals surface area contributed by atoms with E-state index in [4.69, 9.17) is 5.73 Å². The van der Waals surface area contributed by atoms with Gasteiger partial charge in [0.05, 0.1) is 0 Å². The monoisotopic (exact) mass is 274 g/mol. The minimum Gasteiger partial charge on any atom is -0.323 e. The van der Waals surface area contributed by atoms with Crippen molar-refractivity contribution in [2.24, 2.45) is 11.7 Å². The molecule has 2 N–H and O–H groups in total. The summed E-state index contributed by atoms with van der Waals surface area (Å²) in [6.45, 7) is 4.65. The molecular formula is C18H30N2. The van der Waals surface area contributed by atoms with Gasteiger partial charge in [0.1, 0.15) is 0 Å². The molecule has 0 saturated heterocycles. The zero-order valence-corrected chi connectivity index (χ0v) is 13.3. The summed E-state index contributed by atoms with van der Waals surface area (Å²) in [5, 5.41) is 0. The maximum atomic E-state index is 6.55. The molecule has 2 heteroatoms. The highest BCUT2D eigenvalue weighted by Gasteiger charge is 2.29. The lowest BCUT2D eigenvalue weighted by molar-refractivity contribution is 0.101. The van der Waals surface area contributed by atoms with E-state index in [0.29, 0.717) is 12.1 Å². The number of hydrogen-bond acceptors (Lipinski definition) is 2. The summed E-state index contributed by atoms with van der Waals surface area (Å²) in [5.41, 5.74) is 7.81. The number of hydrogen-bond donors (Lipinski definition) is 1. The third-order valence-corrected chi connectivity index (χ3v) is 5.03. The SMILES string of the molecule is CCC(C(N)c1ccccc1)N(C)C1CCCC(C)C1. The maximum Gasteiger partial charge on any atom is 0.0452 e. The van der Waals surface area contributed by atoms with Gasteiger partial charge in [-0.25, -0.2) is 0 Å². The fourth-order valence-electron chi connectivity index (χ4n) is 3.74. The molecule has 1 fully saturated rings. The highest BCUT2D eigenvalue weighted by molar-refractivity contribution is 5.20. The molecule has 1 aliphatic carbocycles. The Morgan fingerprint density at radius 3 is 2.55 bits per heavy atom. The summed E-state index contributed by atoms with van der Waals surface area (Å²) in [5.74, 6) is 0.863. The zero-order valence-electron chi connectivity index (χ0n) is 13.3. The van der Waals surface area contributed by atoms with Crippen LogP contribution in [-0.4, -0.2) is 24.0 Å². The smallest absolute Gasteiger partial charge is 0.0452 e. The van der Waals surface area contributed by atoms with Crippen molar-refractivity contribution in [1.29, 1.82) is 0 Å². The van der Waals surface area contributed by atoms with Crippen molar-refractivity contribution < 1.29 is 0 Å². The lowest BCUT2D eigenvalue weighted by Gasteiger charge is -2.41. The van der Waals surface area contributed by atoms with Crippen molar-refractivity contribution in [1.82, 2.24) is 4.90 Å². The molecule has 2 rings (SSSR count). The predicted octanol–water partition coefficient (Wildman–Crippen LogP) is 3.98. The van der Waals surface area contributed by atoms with Gasteiger partial charge in [-0.2, -0.15) is 0 Å². The Morgan fingerprint density at radius 2 is 1.95 bits per heavy atom. The average Bonchev–Trinajstić information content (AvgIpc) is 2.48. The Labute approximate surface area is 124 Å². The van der Waals surface area contributed by atoms with Crippen molar-refractivity contribution in [2.75, 3.05) is 7.05 Å². The first-order valence-electron chi connectivity index (χ1n) is 8.16. The van der Waals surface area contributed by atoms with Crippen LogP contribution in [0.25, 0.3) is 0 Å². The second kappa shape index (κ2) is 7.24. The second-order valence-electron chi connectivity index (χ2n) is 6.50.